The Balaban J connectivity index is 1.88. The van der Waals surface area contributed by atoms with Gasteiger partial charge in [0.15, 0.2) is 0 Å². The number of rotatable bonds is 6. The standard InChI is InChI=1S/C14H22BrNO3S2/c1-10-2-4-11(5-3-10)6-7-16-21(18,19)13-8-12(9-17)20-14(13)15/h8,10-11,16-17H,2-7,9H2,1H3. The third kappa shape index (κ3) is 4.76. The normalized spacial score (nSPS) is 23.4. The van der Waals surface area contributed by atoms with Crippen LogP contribution in [0.25, 0.3) is 0 Å². The van der Waals surface area contributed by atoms with Crippen LogP contribution in [0, 0.1) is 11.8 Å². The summed E-state index contributed by atoms with van der Waals surface area (Å²) in [7, 11) is -3.49. The highest BCUT2D eigenvalue weighted by molar-refractivity contribution is 9.11. The molecule has 1 saturated carbocycles. The van der Waals surface area contributed by atoms with E-state index in [1.807, 2.05) is 0 Å². The smallest absolute Gasteiger partial charge is 0.242 e. The maximum absolute atomic E-state index is 12.3. The lowest BCUT2D eigenvalue weighted by Gasteiger charge is -2.26. The lowest BCUT2D eigenvalue weighted by molar-refractivity contribution is 0.278. The molecule has 0 bridgehead atoms. The van der Waals surface area contributed by atoms with E-state index in [4.69, 9.17) is 5.11 Å². The van der Waals surface area contributed by atoms with Gasteiger partial charge in [0.1, 0.15) is 4.90 Å². The van der Waals surface area contributed by atoms with Crippen LogP contribution in [-0.4, -0.2) is 20.1 Å². The summed E-state index contributed by atoms with van der Waals surface area (Å²) in [6, 6.07) is 1.53. The Labute approximate surface area is 139 Å². The van der Waals surface area contributed by atoms with Crippen LogP contribution in [0.1, 0.15) is 43.9 Å². The van der Waals surface area contributed by atoms with Crippen molar-refractivity contribution in [3.05, 3.63) is 14.7 Å². The van der Waals surface area contributed by atoms with Crippen molar-refractivity contribution in [3.8, 4) is 0 Å². The van der Waals surface area contributed by atoms with Gasteiger partial charge in [-0.3, -0.25) is 0 Å². The van der Waals surface area contributed by atoms with Gasteiger partial charge in [-0.05, 0) is 40.3 Å². The molecular formula is C14H22BrNO3S2. The number of hydrogen-bond donors (Lipinski definition) is 2. The zero-order chi connectivity index (χ0) is 15.5. The number of hydrogen-bond acceptors (Lipinski definition) is 4. The van der Waals surface area contributed by atoms with Gasteiger partial charge in [0.25, 0.3) is 0 Å². The fourth-order valence-electron chi connectivity index (χ4n) is 2.75. The Bertz CT molecular complexity index is 563. The Morgan fingerprint density at radius 1 is 1.38 bits per heavy atom. The van der Waals surface area contributed by atoms with E-state index < -0.39 is 10.0 Å². The van der Waals surface area contributed by atoms with E-state index in [0.29, 0.717) is 21.1 Å². The first-order chi connectivity index (χ1) is 9.92. The number of nitrogens with one attached hydrogen (secondary N) is 1. The maximum Gasteiger partial charge on any atom is 0.242 e. The molecule has 0 aliphatic heterocycles. The van der Waals surface area contributed by atoms with Gasteiger partial charge in [0.05, 0.1) is 10.4 Å². The molecular weight excluding hydrogens is 374 g/mol. The minimum absolute atomic E-state index is 0.140. The van der Waals surface area contributed by atoms with Crippen molar-refractivity contribution < 1.29 is 13.5 Å². The van der Waals surface area contributed by atoms with Gasteiger partial charge in [0.2, 0.25) is 10.0 Å². The predicted molar refractivity (Wildman–Crippen MR) is 88.9 cm³/mol. The van der Waals surface area contributed by atoms with Gasteiger partial charge in [0, 0.05) is 11.4 Å². The molecule has 0 saturated heterocycles. The van der Waals surface area contributed by atoms with Gasteiger partial charge in [-0.15, -0.1) is 11.3 Å². The van der Waals surface area contributed by atoms with E-state index in [9.17, 15) is 8.42 Å². The second kappa shape index (κ2) is 7.55. The van der Waals surface area contributed by atoms with E-state index in [0.717, 1.165) is 12.3 Å². The Morgan fingerprint density at radius 3 is 2.62 bits per heavy atom. The van der Waals surface area contributed by atoms with E-state index in [2.05, 4.69) is 27.6 Å². The molecule has 1 aromatic heterocycles. The molecule has 1 aromatic rings. The van der Waals surface area contributed by atoms with E-state index in [1.54, 1.807) is 0 Å². The van der Waals surface area contributed by atoms with Crippen molar-refractivity contribution in [1.82, 2.24) is 4.72 Å². The molecule has 0 aromatic carbocycles. The number of aliphatic hydroxyl groups is 1. The molecule has 2 rings (SSSR count). The zero-order valence-electron chi connectivity index (χ0n) is 12.1. The molecule has 7 heteroatoms. The average molecular weight is 396 g/mol. The monoisotopic (exact) mass is 395 g/mol. The quantitative estimate of drug-likeness (QED) is 0.774. The van der Waals surface area contributed by atoms with Crippen molar-refractivity contribution in [2.45, 2.75) is 50.5 Å². The maximum atomic E-state index is 12.3. The van der Waals surface area contributed by atoms with Crippen LogP contribution in [0.4, 0.5) is 0 Å². The highest BCUT2D eigenvalue weighted by Gasteiger charge is 2.22. The number of halogens is 1. The van der Waals surface area contributed by atoms with Crippen LogP contribution >= 0.6 is 27.3 Å². The first kappa shape index (κ1) is 17.4. The summed E-state index contributed by atoms with van der Waals surface area (Å²) in [6.45, 7) is 2.63. The third-order valence-electron chi connectivity index (χ3n) is 4.13. The van der Waals surface area contributed by atoms with Crippen molar-refractivity contribution >= 4 is 37.3 Å². The minimum Gasteiger partial charge on any atom is -0.391 e. The number of sulfonamides is 1. The summed E-state index contributed by atoms with van der Waals surface area (Å²) in [5.74, 6) is 1.46. The van der Waals surface area contributed by atoms with Crippen LogP contribution < -0.4 is 4.72 Å². The molecule has 1 aliphatic rings. The summed E-state index contributed by atoms with van der Waals surface area (Å²) in [5, 5.41) is 9.08. The van der Waals surface area contributed by atoms with Gasteiger partial charge < -0.3 is 5.11 Å². The SMILES string of the molecule is CC1CCC(CCNS(=O)(=O)c2cc(CO)sc2Br)CC1. The van der Waals surface area contributed by atoms with Crippen LogP contribution in [0.3, 0.4) is 0 Å². The van der Waals surface area contributed by atoms with E-state index in [-0.39, 0.29) is 11.5 Å². The fourth-order valence-corrected chi connectivity index (χ4v) is 6.34. The minimum atomic E-state index is -3.49. The highest BCUT2D eigenvalue weighted by atomic mass is 79.9. The number of thiophene rings is 1. The predicted octanol–water partition coefficient (Wildman–Crippen LogP) is 3.50. The van der Waals surface area contributed by atoms with Crippen molar-refractivity contribution in [2.75, 3.05) is 6.54 Å². The summed E-state index contributed by atoms with van der Waals surface area (Å²) >= 11 is 4.51. The Morgan fingerprint density at radius 2 is 2.05 bits per heavy atom. The molecule has 4 nitrogen and oxygen atoms in total. The van der Waals surface area contributed by atoms with Crippen LogP contribution in [0.5, 0.6) is 0 Å². The van der Waals surface area contributed by atoms with Crippen molar-refractivity contribution in [1.29, 1.82) is 0 Å². The summed E-state index contributed by atoms with van der Waals surface area (Å²) in [4.78, 5) is 0.873. The van der Waals surface area contributed by atoms with Gasteiger partial charge in [-0.1, -0.05) is 32.6 Å². The first-order valence-electron chi connectivity index (χ1n) is 7.31. The molecule has 120 valence electrons. The highest BCUT2D eigenvalue weighted by Crippen LogP contribution is 2.32. The zero-order valence-corrected chi connectivity index (χ0v) is 15.4. The molecule has 0 atom stereocenters. The molecule has 2 N–H and O–H groups in total. The molecule has 1 heterocycles. The Hall–Kier alpha value is 0.0500. The molecule has 0 unspecified atom stereocenters. The lowest BCUT2D eigenvalue weighted by atomic mass is 9.81. The topological polar surface area (TPSA) is 66.4 Å². The molecule has 0 radical (unpaired) electrons. The molecule has 0 spiro atoms. The summed E-state index contributed by atoms with van der Waals surface area (Å²) in [6.07, 6.45) is 5.83. The largest absolute Gasteiger partial charge is 0.391 e. The molecule has 1 fully saturated rings. The van der Waals surface area contributed by atoms with Crippen LogP contribution in [0.2, 0.25) is 0 Å². The second-order valence-corrected chi connectivity index (χ2v) is 10.0. The Kier molecular flexibility index (Phi) is 6.25. The number of aliphatic hydroxyl groups excluding tert-OH is 1. The van der Waals surface area contributed by atoms with Gasteiger partial charge >= 0.3 is 0 Å². The first-order valence-corrected chi connectivity index (χ1v) is 10.4. The van der Waals surface area contributed by atoms with Crippen molar-refractivity contribution in [2.24, 2.45) is 11.8 Å². The van der Waals surface area contributed by atoms with Crippen LogP contribution in [0.15, 0.2) is 14.7 Å². The van der Waals surface area contributed by atoms with E-state index in [1.165, 1.54) is 43.1 Å². The third-order valence-corrected chi connectivity index (χ3v) is 7.83. The van der Waals surface area contributed by atoms with Gasteiger partial charge in [-0.25, -0.2) is 13.1 Å². The van der Waals surface area contributed by atoms with Gasteiger partial charge in [-0.2, -0.15) is 0 Å². The average Bonchev–Trinajstić information content (AvgIpc) is 2.83. The second-order valence-electron chi connectivity index (χ2n) is 5.82. The van der Waals surface area contributed by atoms with Crippen molar-refractivity contribution in [3.63, 3.8) is 0 Å². The van der Waals surface area contributed by atoms with E-state index >= 15 is 0 Å². The molecule has 1 aliphatic carbocycles. The fraction of sp³-hybridized carbons (Fsp3) is 0.714. The molecule has 21 heavy (non-hydrogen) atoms. The van der Waals surface area contributed by atoms with Crippen LogP contribution in [-0.2, 0) is 16.6 Å². The summed E-state index contributed by atoms with van der Waals surface area (Å²) in [5.41, 5.74) is 0. The molecule has 0 amide bonds. The summed E-state index contributed by atoms with van der Waals surface area (Å²) < 4.78 is 27.7. The lowest BCUT2D eigenvalue weighted by Crippen LogP contribution is -2.27.